The molecule has 1 heterocycles. The predicted molar refractivity (Wildman–Crippen MR) is 61.4 cm³/mol. The Morgan fingerprint density at radius 1 is 1.53 bits per heavy atom. The topological polar surface area (TPSA) is 55.1 Å². The quantitative estimate of drug-likeness (QED) is 0.890. The van der Waals surface area contributed by atoms with Crippen molar-refractivity contribution in [3.05, 3.63) is 29.8 Å². The zero-order valence-corrected chi connectivity index (χ0v) is 9.64. The number of carboxylic acids is 1. The van der Waals surface area contributed by atoms with Crippen LogP contribution in [0, 0.1) is 5.82 Å². The van der Waals surface area contributed by atoms with Crippen LogP contribution in [0.3, 0.4) is 0 Å². The summed E-state index contributed by atoms with van der Waals surface area (Å²) in [7, 11) is 0. The lowest BCUT2D eigenvalue weighted by molar-refractivity contribution is -0.136. The molecule has 4 nitrogen and oxygen atoms in total. The number of aromatic nitrogens is 2. The molecule has 1 aromatic heterocycles. The minimum atomic E-state index is -0.942. The molecule has 1 N–H and O–H groups in total. The van der Waals surface area contributed by atoms with Gasteiger partial charge in [-0.15, -0.1) is 0 Å². The van der Waals surface area contributed by atoms with Crippen LogP contribution in [0.25, 0.3) is 11.0 Å². The van der Waals surface area contributed by atoms with Gasteiger partial charge in [-0.3, -0.25) is 4.79 Å². The summed E-state index contributed by atoms with van der Waals surface area (Å²) in [4.78, 5) is 15.0. The Morgan fingerprint density at radius 3 is 2.82 bits per heavy atom. The molecule has 0 bridgehead atoms. The lowest BCUT2D eigenvalue weighted by Gasteiger charge is -2.11. The second-order valence-corrected chi connectivity index (χ2v) is 4.20. The third kappa shape index (κ3) is 2.13. The van der Waals surface area contributed by atoms with Gasteiger partial charge in [0.15, 0.2) is 0 Å². The van der Waals surface area contributed by atoms with Crippen molar-refractivity contribution >= 4 is 17.0 Å². The SMILES string of the molecule is CC(C)n1c(CC(=O)O)nc2ccc(F)cc21. The first-order valence-corrected chi connectivity index (χ1v) is 5.37. The summed E-state index contributed by atoms with van der Waals surface area (Å²) in [6.07, 6.45) is -0.158. The van der Waals surface area contributed by atoms with Crippen molar-refractivity contribution in [3.63, 3.8) is 0 Å². The normalized spacial score (nSPS) is 11.3. The maximum atomic E-state index is 13.2. The van der Waals surface area contributed by atoms with Crippen LogP contribution in [0.5, 0.6) is 0 Å². The Balaban J connectivity index is 2.66. The molecule has 5 heteroatoms. The number of halogens is 1. The van der Waals surface area contributed by atoms with E-state index in [4.69, 9.17) is 5.11 Å². The molecule has 0 spiro atoms. The fourth-order valence-corrected chi connectivity index (χ4v) is 1.95. The third-order valence-corrected chi connectivity index (χ3v) is 2.55. The molecule has 2 rings (SSSR count). The van der Waals surface area contributed by atoms with Gasteiger partial charge in [0.1, 0.15) is 18.1 Å². The molecule has 0 atom stereocenters. The Kier molecular flexibility index (Phi) is 2.83. The molecule has 0 aliphatic heterocycles. The van der Waals surface area contributed by atoms with E-state index in [2.05, 4.69) is 4.98 Å². The molecule has 0 saturated carbocycles. The number of benzene rings is 1. The molecule has 1 aromatic carbocycles. The number of rotatable bonds is 3. The van der Waals surface area contributed by atoms with Crippen molar-refractivity contribution < 1.29 is 14.3 Å². The maximum absolute atomic E-state index is 13.2. The predicted octanol–water partition coefficient (Wildman–Crippen LogP) is 2.38. The van der Waals surface area contributed by atoms with Crippen LogP contribution in [0.4, 0.5) is 4.39 Å². The second kappa shape index (κ2) is 4.16. The van der Waals surface area contributed by atoms with Crippen molar-refractivity contribution in [2.24, 2.45) is 0 Å². The number of hydrogen-bond donors (Lipinski definition) is 1. The average Bonchev–Trinajstić information content (AvgIpc) is 2.53. The standard InChI is InChI=1S/C12H13FN2O2/c1-7(2)15-10-5-8(13)3-4-9(10)14-11(15)6-12(16)17/h3-5,7H,6H2,1-2H3,(H,16,17). The number of carbonyl (C=O) groups is 1. The third-order valence-electron chi connectivity index (χ3n) is 2.55. The van der Waals surface area contributed by atoms with Gasteiger partial charge in [-0.25, -0.2) is 9.37 Å². The van der Waals surface area contributed by atoms with Gasteiger partial charge in [-0.05, 0) is 32.0 Å². The van der Waals surface area contributed by atoms with Gasteiger partial charge in [0.25, 0.3) is 0 Å². The Labute approximate surface area is 97.7 Å². The van der Waals surface area contributed by atoms with Crippen LogP contribution in [-0.2, 0) is 11.2 Å². The van der Waals surface area contributed by atoms with Crippen molar-refractivity contribution in [1.82, 2.24) is 9.55 Å². The van der Waals surface area contributed by atoms with E-state index in [9.17, 15) is 9.18 Å². The smallest absolute Gasteiger partial charge is 0.311 e. The number of hydrogen-bond acceptors (Lipinski definition) is 2. The number of aliphatic carboxylic acids is 1. The van der Waals surface area contributed by atoms with E-state index in [1.807, 2.05) is 13.8 Å². The molecule has 17 heavy (non-hydrogen) atoms. The van der Waals surface area contributed by atoms with Crippen molar-refractivity contribution in [2.75, 3.05) is 0 Å². The average molecular weight is 236 g/mol. The first-order valence-electron chi connectivity index (χ1n) is 5.37. The summed E-state index contributed by atoms with van der Waals surface area (Å²) < 4.78 is 15.0. The zero-order valence-electron chi connectivity index (χ0n) is 9.64. The van der Waals surface area contributed by atoms with Gasteiger partial charge in [0, 0.05) is 6.04 Å². The zero-order chi connectivity index (χ0) is 12.6. The van der Waals surface area contributed by atoms with Crippen LogP contribution in [-0.4, -0.2) is 20.6 Å². The molecule has 0 unspecified atom stereocenters. The molecule has 0 fully saturated rings. The molecular weight excluding hydrogens is 223 g/mol. The van der Waals surface area contributed by atoms with Gasteiger partial charge in [-0.1, -0.05) is 0 Å². The van der Waals surface area contributed by atoms with Gasteiger partial charge in [0.2, 0.25) is 0 Å². The second-order valence-electron chi connectivity index (χ2n) is 4.20. The van der Waals surface area contributed by atoms with E-state index in [-0.39, 0.29) is 18.3 Å². The highest BCUT2D eigenvalue weighted by molar-refractivity contribution is 5.78. The van der Waals surface area contributed by atoms with E-state index < -0.39 is 5.97 Å². The highest BCUT2D eigenvalue weighted by Crippen LogP contribution is 2.22. The summed E-state index contributed by atoms with van der Waals surface area (Å²) >= 11 is 0. The van der Waals surface area contributed by atoms with Crippen LogP contribution in [0.15, 0.2) is 18.2 Å². The monoisotopic (exact) mass is 236 g/mol. The van der Waals surface area contributed by atoms with Crippen molar-refractivity contribution in [2.45, 2.75) is 26.3 Å². The summed E-state index contributed by atoms with van der Waals surface area (Å²) in [5, 5.41) is 8.83. The first-order chi connectivity index (χ1) is 7.99. The summed E-state index contributed by atoms with van der Waals surface area (Å²) in [6.45, 7) is 3.83. The lowest BCUT2D eigenvalue weighted by atomic mass is 10.3. The highest BCUT2D eigenvalue weighted by Gasteiger charge is 2.15. The fraction of sp³-hybridized carbons (Fsp3) is 0.333. The van der Waals surface area contributed by atoms with E-state index in [0.717, 1.165) is 0 Å². The van der Waals surface area contributed by atoms with Crippen LogP contribution >= 0.6 is 0 Å². The van der Waals surface area contributed by atoms with E-state index in [1.165, 1.54) is 12.1 Å². The lowest BCUT2D eigenvalue weighted by Crippen LogP contribution is -2.11. The van der Waals surface area contributed by atoms with Gasteiger partial charge < -0.3 is 9.67 Å². The van der Waals surface area contributed by atoms with Gasteiger partial charge in [-0.2, -0.15) is 0 Å². The van der Waals surface area contributed by atoms with E-state index in [0.29, 0.717) is 16.9 Å². The summed E-state index contributed by atoms with van der Waals surface area (Å²) in [6, 6.07) is 4.31. The Bertz CT molecular complexity index is 575. The highest BCUT2D eigenvalue weighted by atomic mass is 19.1. The number of carboxylic acid groups (broad SMARTS) is 1. The number of fused-ring (bicyclic) bond motifs is 1. The van der Waals surface area contributed by atoms with Crippen molar-refractivity contribution in [3.8, 4) is 0 Å². The Morgan fingerprint density at radius 2 is 2.24 bits per heavy atom. The molecule has 0 aliphatic carbocycles. The number of imidazole rings is 1. The van der Waals surface area contributed by atoms with Gasteiger partial charge >= 0.3 is 5.97 Å². The minimum absolute atomic E-state index is 0.0381. The van der Waals surface area contributed by atoms with E-state index >= 15 is 0 Å². The molecule has 0 aliphatic rings. The molecular formula is C12H13FN2O2. The van der Waals surface area contributed by atoms with Crippen LogP contribution < -0.4 is 0 Å². The van der Waals surface area contributed by atoms with E-state index in [1.54, 1.807) is 10.6 Å². The molecule has 0 radical (unpaired) electrons. The maximum Gasteiger partial charge on any atom is 0.311 e. The molecule has 2 aromatic rings. The van der Waals surface area contributed by atoms with Crippen LogP contribution in [0.1, 0.15) is 25.7 Å². The summed E-state index contributed by atoms with van der Waals surface area (Å²) in [5.74, 6) is -0.836. The van der Waals surface area contributed by atoms with Crippen molar-refractivity contribution in [1.29, 1.82) is 0 Å². The largest absolute Gasteiger partial charge is 0.481 e. The van der Waals surface area contributed by atoms with Crippen LogP contribution in [0.2, 0.25) is 0 Å². The molecule has 0 saturated heterocycles. The van der Waals surface area contributed by atoms with Gasteiger partial charge in [0.05, 0.1) is 11.0 Å². The molecule has 0 amide bonds. The molecule has 90 valence electrons. The Hall–Kier alpha value is -1.91. The number of nitrogens with zero attached hydrogens (tertiary/aromatic N) is 2. The fourth-order valence-electron chi connectivity index (χ4n) is 1.95. The summed E-state index contributed by atoms with van der Waals surface area (Å²) in [5.41, 5.74) is 1.26. The minimum Gasteiger partial charge on any atom is -0.481 e. The first kappa shape index (κ1) is 11.6.